The number of amides is 1. The third-order valence-corrected chi connectivity index (χ3v) is 8.91. The minimum atomic E-state index is -3.30. The van der Waals surface area contributed by atoms with Crippen LogP contribution in [0.4, 0.5) is 0 Å². The molecule has 0 spiro atoms. The highest BCUT2D eigenvalue weighted by Crippen LogP contribution is 2.35. The van der Waals surface area contributed by atoms with E-state index in [9.17, 15) is 13.2 Å². The van der Waals surface area contributed by atoms with E-state index in [4.69, 9.17) is 4.42 Å². The zero-order chi connectivity index (χ0) is 21.1. The van der Waals surface area contributed by atoms with Crippen molar-refractivity contribution in [2.45, 2.75) is 83.1 Å². The van der Waals surface area contributed by atoms with Crippen LogP contribution in [-0.4, -0.2) is 59.1 Å². The van der Waals surface area contributed by atoms with Gasteiger partial charge in [-0.25, -0.2) is 8.42 Å². The van der Waals surface area contributed by atoms with Crippen LogP contribution in [0.15, 0.2) is 4.42 Å². The number of hydrogen-bond donors (Lipinski definition) is 0. The molecule has 2 saturated heterocycles. The third kappa shape index (κ3) is 4.56. The molecule has 1 saturated carbocycles. The largest absolute Gasteiger partial charge is 0.423 e. The lowest BCUT2D eigenvalue weighted by Gasteiger charge is -2.34. The van der Waals surface area contributed by atoms with E-state index in [0.29, 0.717) is 24.2 Å². The third-order valence-electron chi connectivity index (χ3n) is 7.03. The number of carbonyl (C=O) groups excluding carboxylic acids is 1. The Labute approximate surface area is 179 Å². The molecule has 30 heavy (non-hydrogen) atoms. The van der Waals surface area contributed by atoms with Gasteiger partial charge in [0.25, 0.3) is 0 Å². The van der Waals surface area contributed by atoms with Crippen molar-refractivity contribution in [2.75, 3.05) is 25.4 Å². The molecule has 1 aliphatic carbocycles. The van der Waals surface area contributed by atoms with E-state index in [1.165, 1.54) is 19.3 Å². The molecule has 3 aliphatic rings. The lowest BCUT2D eigenvalue weighted by atomic mass is 9.87. The molecular weight excluding hydrogens is 404 g/mol. The van der Waals surface area contributed by atoms with Crippen LogP contribution in [0, 0.1) is 5.92 Å². The predicted molar refractivity (Wildman–Crippen MR) is 112 cm³/mol. The van der Waals surface area contributed by atoms with Crippen LogP contribution in [0.25, 0.3) is 0 Å². The summed E-state index contributed by atoms with van der Waals surface area (Å²) >= 11 is 0. The number of nitrogens with zero attached hydrogens (tertiary/aromatic N) is 4. The number of piperidine rings is 2. The molecule has 9 heteroatoms. The van der Waals surface area contributed by atoms with Gasteiger partial charge in [-0.15, -0.1) is 10.2 Å². The topological polar surface area (TPSA) is 96.6 Å². The zero-order valence-electron chi connectivity index (χ0n) is 18.0. The van der Waals surface area contributed by atoms with Crippen molar-refractivity contribution >= 4 is 15.9 Å². The van der Waals surface area contributed by atoms with Gasteiger partial charge in [-0.1, -0.05) is 25.7 Å². The molecule has 0 unspecified atom stereocenters. The first-order chi connectivity index (χ1) is 14.5. The number of aromatic nitrogens is 2. The monoisotopic (exact) mass is 438 g/mol. The van der Waals surface area contributed by atoms with Gasteiger partial charge in [-0.3, -0.25) is 4.79 Å². The van der Waals surface area contributed by atoms with E-state index in [1.54, 1.807) is 11.2 Å². The molecule has 0 radical (unpaired) electrons. The molecule has 1 amide bonds. The molecule has 3 fully saturated rings. The molecule has 2 aliphatic heterocycles. The fourth-order valence-corrected chi connectivity index (χ4v) is 6.47. The van der Waals surface area contributed by atoms with Crippen LogP contribution in [0.3, 0.4) is 0 Å². The molecule has 0 bridgehead atoms. The molecular formula is C21H34N4O4S. The Bertz CT molecular complexity index is 826. The van der Waals surface area contributed by atoms with Crippen molar-refractivity contribution in [2.24, 2.45) is 5.92 Å². The van der Waals surface area contributed by atoms with Gasteiger partial charge in [0.05, 0.1) is 5.75 Å². The summed E-state index contributed by atoms with van der Waals surface area (Å²) in [5.41, 5.74) is 0. The molecule has 0 aromatic carbocycles. The van der Waals surface area contributed by atoms with Gasteiger partial charge in [0, 0.05) is 31.5 Å². The summed E-state index contributed by atoms with van der Waals surface area (Å²) in [6.45, 7) is 3.65. The van der Waals surface area contributed by atoms with Crippen LogP contribution in [0.1, 0.15) is 94.9 Å². The van der Waals surface area contributed by atoms with Gasteiger partial charge in [-0.2, -0.15) is 4.31 Å². The van der Waals surface area contributed by atoms with Crippen molar-refractivity contribution in [3.8, 4) is 0 Å². The van der Waals surface area contributed by atoms with Crippen molar-refractivity contribution < 1.29 is 17.6 Å². The van der Waals surface area contributed by atoms with Gasteiger partial charge in [0.1, 0.15) is 6.04 Å². The minimum Gasteiger partial charge on any atom is -0.423 e. The average Bonchev–Trinajstić information content (AvgIpc) is 3.29. The fourth-order valence-electron chi connectivity index (χ4n) is 5.15. The van der Waals surface area contributed by atoms with Crippen molar-refractivity contribution in [1.29, 1.82) is 0 Å². The molecule has 168 valence electrons. The Balaban J connectivity index is 1.38. The maximum atomic E-state index is 12.8. The van der Waals surface area contributed by atoms with E-state index in [-0.39, 0.29) is 23.6 Å². The van der Waals surface area contributed by atoms with Crippen LogP contribution < -0.4 is 0 Å². The van der Waals surface area contributed by atoms with Gasteiger partial charge < -0.3 is 9.32 Å². The summed E-state index contributed by atoms with van der Waals surface area (Å²) in [6.07, 6.45) is 9.84. The highest BCUT2D eigenvalue weighted by Gasteiger charge is 2.37. The molecule has 1 aromatic rings. The SMILES string of the molecule is CCS(=O)(=O)N1CCCC[C@@H]1c1nnc(C2CCN(C(=O)C3CCCCC3)CC2)o1. The molecule has 4 rings (SSSR count). The number of sulfonamides is 1. The smallest absolute Gasteiger partial charge is 0.234 e. The van der Waals surface area contributed by atoms with Gasteiger partial charge >= 0.3 is 0 Å². The summed E-state index contributed by atoms with van der Waals surface area (Å²) in [5.74, 6) is 1.76. The Morgan fingerprint density at radius 2 is 1.60 bits per heavy atom. The Kier molecular flexibility index (Phi) is 6.77. The maximum Gasteiger partial charge on any atom is 0.234 e. The van der Waals surface area contributed by atoms with Crippen molar-refractivity contribution in [3.05, 3.63) is 11.8 Å². The first-order valence-corrected chi connectivity index (χ1v) is 13.2. The lowest BCUT2D eigenvalue weighted by molar-refractivity contribution is -0.137. The van der Waals surface area contributed by atoms with Gasteiger partial charge in [0.2, 0.25) is 27.7 Å². The van der Waals surface area contributed by atoms with Crippen LogP contribution in [0.5, 0.6) is 0 Å². The highest BCUT2D eigenvalue weighted by molar-refractivity contribution is 7.89. The lowest BCUT2D eigenvalue weighted by Crippen LogP contribution is -2.41. The second-order valence-corrected chi connectivity index (χ2v) is 11.1. The predicted octanol–water partition coefficient (Wildman–Crippen LogP) is 3.23. The number of likely N-dealkylation sites (tertiary alicyclic amines) is 1. The Morgan fingerprint density at radius 3 is 2.30 bits per heavy atom. The second-order valence-electron chi connectivity index (χ2n) is 8.94. The number of rotatable bonds is 5. The zero-order valence-corrected chi connectivity index (χ0v) is 18.8. The highest BCUT2D eigenvalue weighted by atomic mass is 32.2. The van der Waals surface area contributed by atoms with E-state index >= 15 is 0 Å². The number of hydrogen-bond acceptors (Lipinski definition) is 6. The summed E-state index contributed by atoms with van der Waals surface area (Å²) in [6, 6.07) is -0.349. The quantitative estimate of drug-likeness (QED) is 0.700. The minimum absolute atomic E-state index is 0.0813. The van der Waals surface area contributed by atoms with E-state index in [0.717, 1.165) is 58.0 Å². The van der Waals surface area contributed by atoms with Crippen molar-refractivity contribution in [1.82, 2.24) is 19.4 Å². The standard InChI is InChI=1S/C21H34N4O4S/c1-2-30(27,28)25-13-7-6-10-18(25)20-23-22-19(29-20)16-11-14-24(15-12-16)21(26)17-8-4-3-5-9-17/h16-18H,2-15H2,1H3/t18-/m1/s1. The van der Waals surface area contributed by atoms with Gasteiger partial charge in [0.15, 0.2) is 0 Å². The van der Waals surface area contributed by atoms with Crippen molar-refractivity contribution in [3.63, 3.8) is 0 Å². The summed E-state index contributed by atoms with van der Waals surface area (Å²) < 4.78 is 32.5. The fraction of sp³-hybridized carbons (Fsp3) is 0.857. The summed E-state index contributed by atoms with van der Waals surface area (Å²) in [5, 5.41) is 8.51. The number of carbonyl (C=O) groups is 1. The molecule has 3 heterocycles. The van der Waals surface area contributed by atoms with Gasteiger partial charge in [-0.05, 0) is 45.4 Å². The molecule has 0 N–H and O–H groups in total. The maximum absolute atomic E-state index is 12.8. The van der Waals surface area contributed by atoms with E-state index in [2.05, 4.69) is 10.2 Å². The second kappa shape index (κ2) is 9.34. The molecule has 8 nitrogen and oxygen atoms in total. The van der Waals surface area contributed by atoms with E-state index < -0.39 is 10.0 Å². The first-order valence-electron chi connectivity index (χ1n) is 11.6. The van der Waals surface area contributed by atoms with E-state index in [1.807, 2.05) is 4.90 Å². The normalized spacial score (nSPS) is 25.5. The van der Waals surface area contributed by atoms with Crippen LogP contribution >= 0.6 is 0 Å². The van der Waals surface area contributed by atoms with Crippen LogP contribution in [-0.2, 0) is 14.8 Å². The summed E-state index contributed by atoms with van der Waals surface area (Å²) in [4.78, 5) is 14.8. The Morgan fingerprint density at radius 1 is 0.933 bits per heavy atom. The van der Waals surface area contributed by atoms with Crippen LogP contribution in [0.2, 0.25) is 0 Å². The Hall–Kier alpha value is -1.48. The first kappa shape index (κ1) is 21.7. The molecule has 1 aromatic heterocycles. The summed E-state index contributed by atoms with van der Waals surface area (Å²) in [7, 11) is -3.30. The molecule has 1 atom stereocenters. The average molecular weight is 439 g/mol.